The first kappa shape index (κ1) is 14.4. The number of phenolic OH excluding ortho intramolecular Hbond substituents is 1. The summed E-state index contributed by atoms with van der Waals surface area (Å²) in [5.74, 6) is 0.370. The van der Waals surface area contributed by atoms with Crippen molar-refractivity contribution in [1.29, 1.82) is 0 Å². The highest BCUT2D eigenvalue weighted by atomic mass is 16.3. The van der Waals surface area contributed by atoms with Crippen LogP contribution in [0.3, 0.4) is 0 Å². The van der Waals surface area contributed by atoms with Crippen LogP contribution >= 0.6 is 0 Å². The van der Waals surface area contributed by atoms with E-state index >= 15 is 0 Å². The molecule has 2 aromatic rings. The molecule has 0 aliphatic carbocycles. The Morgan fingerprint density at radius 3 is 2.40 bits per heavy atom. The fourth-order valence-electron chi connectivity index (χ4n) is 2.66. The summed E-state index contributed by atoms with van der Waals surface area (Å²) < 4.78 is 0. The maximum atomic E-state index is 10.1. The number of hydrogen-bond donors (Lipinski definition) is 1. The fraction of sp³-hybridized carbons (Fsp3) is 0.333. The Labute approximate surface area is 121 Å². The van der Waals surface area contributed by atoms with Crippen LogP contribution in [0.4, 0.5) is 5.69 Å². The average molecular weight is 269 g/mol. The molecule has 2 aromatic carbocycles. The molecule has 0 saturated carbocycles. The minimum Gasteiger partial charge on any atom is -0.508 e. The second-order valence-corrected chi connectivity index (χ2v) is 5.36. The third-order valence-corrected chi connectivity index (χ3v) is 3.77. The number of benzene rings is 2. The Morgan fingerprint density at radius 1 is 1.05 bits per heavy atom. The molecule has 0 aromatic heterocycles. The van der Waals surface area contributed by atoms with Crippen molar-refractivity contribution in [3.8, 4) is 5.75 Å². The highest BCUT2D eigenvalue weighted by Crippen LogP contribution is 2.32. The molecule has 0 aliphatic heterocycles. The average Bonchev–Trinajstić information content (AvgIpc) is 2.42. The van der Waals surface area contributed by atoms with Crippen molar-refractivity contribution in [2.75, 3.05) is 11.4 Å². The van der Waals surface area contributed by atoms with Crippen LogP contribution in [-0.2, 0) is 0 Å². The van der Waals surface area contributed by atoms with Crippen LogP contribution in [0, 0.1) is 13.8 Å². The standard InChI is InChI=1S/C18H23NO/c1-5-19(16-8-6-7-13(2)11-16)15(4)17-12-14(3)9-10-18(17)20/h6-12,15,20H,5H2,1-4H3. The molecule has 0 fully saturated rings. The molecule has 1 N–H and O–H groups in total. The summed E-state index contributed by atoms with van der Waals surface area (Å²) in [6.45, 7) is 9.34. The van der Waals surface area contributed by atoms with Crippen molar-refractivity contribution in [1.82, 2.24) is 0 Å². The van der Waals surface area contributed by atoms with E-state index in [4.69, 9.17) is 0 Å². The van der Waals surface area contributed by atoms with E-state index in [0.717, 1.165) is 12.1 Å². The third-order valence-electron chi connectivity index (χ3n) is 3.77. The first-order chi connectivity index (χ1) is 9.52. The molecule has 2 nitrogen and oxygen atoms in total. The highest BCUT2D eigenvalue weighted by molar-refractivity contribution is 5.52. The molecule has 106 valence electrons. The first-order valence-corrected chi connectivity index (χ1v) is 7.15. The zero-order valence-corrected chi connectivity index (χ0v) is 12.7. The van der Waals surface area contributed by atoms with Gasteiger partial charge in [-0.05, 0) is 51.5 Å². The van der Waals surface area contributed by atoms with Gasteiger partial charge in [-0.3, -0.25) is 0 Å². The van der Waals surface area contributed by atoms with Crippen LogP contribution < -0.4 is 4.90 Å². The zero-order valence-electron chi connectivity index (χ0n) is 12.7. The van der Waals surface area contributed by atoms with Crippen molar-refractivity contribution in [2.24, 2.45) is 0 Å². The molecular weight excluding hydrogens is 246 g/mol. The molecule has 2 heteroatoms. The number of rotatable bonds is 4. The second-order valence-electron chi connectivity index (χ2n) is 5.36. The molecule has 0 radical (unpaired) electrons. The molecule has 20 heavy (non-hydrogen) atoms. The maximum absolute atomic E-state index is 10.1. The molecular formula is C18H23NO. The maximum Gasteiger partial charge on any atom is 0.120 e. The predicted molar refractivity (Wildman–Crippen MR) is 85.5 cm³/mol. The van der Waals surface area contributed by atoms with E-state index in [1.165, 1.54) is 16.8 Å². The van der Waals surface area contributed by atoms with Gasteiger partial charge in [-0.15, -0.1) is 0 Å². The Hall–Kier alpha value is -1.96. The summed E-state index contributed by atoms with van der Waals surface area (Å²) in [6.07, 6.45) is 0. The smallest absolute Gasteiger partial charge is 0.120 e. The van der Waals surface area contributed by atoms with Crippen molar-refractivity contribution in [2.45, 2.75) is 33.7 Å². The van der Waals surface area contributed by atoms with E-state index in [-0.39, 0.29) is 6.04 Å². The van der Waals surface area contributed by atoms with Gasteiger partial charge in [0.25, 0.3) is 0 Å². The van der Waals surface area contributed by atoms with Gasteiger partial charge in [0.15, 0.2) is 0 Å². The van der Waals surface area contributed by atoms with Gasteiger partial charge in [-0.2, -0.15) is 0 Å². The molecule has 1 unspecified atom stereocenters. The van der Waals surface area contributed by atoms with Crippen LogP contribution in [0.1, 0.15) is 36.6 Å². The summed E-state index contributed by atoms with van der Waals surface area (Å²) >= 11 is 0. The topological polar surface area (TPSA) is 23.5 Å². The molecule has 0 saturated heterocycles. The van der Waals surface area contributed by atoms with E-state index in [1.54, 1.807) is 6.07 Å². The van der Waals surface area contributed by atoms with E-state index in [9.17, 15) is 5.11 Å². The SMILES string of the molecule is CCN(c1cccc(C)c1)C(C)c1cc(C)ccc1O. The zero-order chi connectivity index (χ0) is 14.7. The fourth-order valence-corrected chi connectivity index (χ4v) is 2.66. The van der Waals surface area contributed by atoms with Gasteiger partial charge >= 0.3 is 0 Å². The third kappa shape index (κ3) is 2.96. The van der Waals surface area contributed by atoms with Gasteiger partial charge in [-0.1, -0.05) is 29.8 Å². The van der Waals surface area contributed by atoms with Crippen LogP contribution in [0.25, 0.3) is 0 Å². The normalized spacial score (nSPS) is 12.2. The van der Waals surface area contributed by atoms with Gasteiger partial charge < -0.3 is 10.0 Å². The molecule has 0 aliphatic rings. The lowest BCUT2D eigenvalue weighted by Crippen LogP contribution is -2.26. The quantitative estimate of drug-likeness (QED) is 0.877. The molecule has 1 atom stereocenters. The van der Waals surface area contributed by atoms with E-state index < -0.39 is 0 Å². The number of phenols is 1. The lowest BCUT2D eigenvalue weighted by molar-refractivity contribution is 0.461. The van der Waals surface area contributed by atoms with E-state index in [2.05, 4.69) is 62.9 Å². The van der Waals surface area contributed by atoms with Gasteiger partial charge in [0, 0.05) is 17.8 Å². The van der Waals surface area contributed by atoms with E-state index in [0.29, 0.717) is 5.75 Å². The number of aryl methyl sites for hydroxylation is 2. The first-order valence-electron chi connectivity index (χ1n) is 7.15. The van der Waals surface area contributed by atoms with Crippen LogP contribution in [-0.4, -0.2) is 11.7 Å². The largest absolute Gasteiger partial charge is 0.508 e. The predicted octanol–water partition coefficient (Wildman–Crippen LogP) is 4.60. The molecule has 0 spiro atoms. The number of aromatic hydroxyl groups is 1. The number of hydrogen-bond acceptors (Lipinski definition) is 2. The van der Waals surface area contributed by atoms with Gasteiger partial charge in [0.2, 0.25) is 0 Å². The Kier molecular flexibility index (Phi) is 4.33. The molecule has 0 bridgehead atoms. The van der Waals surface area contributed by atoms with Gasteiger partial charge in [-0.25, -0.2) is 0 Å². The van der Waals surface area contributed by atoms with Crippen molar-refractivity contribution < 1.29 is 5.11 Å². The minimum absolute atomic E-state index is 0.140. The lowest BCUT2D eigenvalue weighted by Gasteiger charge is -2.31. The summed E-state index contributed by atoms with van der Waals surface area (Å²) in [5.41, 5.74) is 4.60. The number of anilines is 1. The molecule has 0 amide bonds. The summed E-state index contributed by atoms with van der Waals surface area (Å²) in [7, 11) is 0. The lowest BCUT2D eigenvalue weighted by atomic mass is 10.0. The monoisotopic (exact) mass is 269 g/mol. The second kappa shape index (κ2) is 6.00. The Balaban J connectivity index is 2.38. The Morgan fingerprint density at radius 2 is 1.75 bits per heavy atom. The van der Waals surface area contributed by atoms with Gasteiger partial charge in [0.05, 0.1) is 6.04 Å². The molecule has 0 heterocycles. The van der Waals surface area contributed by atoms with Crippen molar-refractivity contribution in [3.05, 3.63) is 59.2 Å². The Bertz CT molecular complexity index is 592. The summed E-state index contributed by atoms with van der Waals surface area (Å²) in [6, 6.07) is 14.4. The molecule has 2 rings (SSSR count). The number of nitrogens with zero attached hydrogens (tertiary/aromatic N) is 1. The summed E-state index contributed by atoms with van der Waals surface area (Å²) in [5, 5.41) is 10.1. The van der Waals surface area contributed by atoms with Crippen molar-refractivity contribution in [3.63, 3.8) is 0 Å². The highest BCUT2D eigenvalue weighted by Gasteiger charge is 2.18. The minimum atomic E-state index is 0.140. The van der Waals surface area contributed by atoms with Crippen molar-refractivity contribution >= 4 is 5.69 Å². The van der Waals surface area contributed by atoms with Crippen LogP contribution in [0.5, 0.6) is 5.75 Å². The van der Waals surface area contributed by atoms with E-state index in [1.807, 2.05) is 6.07 Å². The summed E-state index contributed by atoms with van der Waals surface area (Å²) in [4.78, 5) is 2.31. The van der Waals surface area contributed by atoms with Gasteiger partial charge in [0.1, 0.15) is 5.75 Å². The van der Waals surface area contributed by atoms with Crippen LogP contribution in [0.15, 0.2) is 42.5 Å². The van der Waals surface area contributed by atoms with Crippen LogP contribution in [0.2, 0.25) is 0 Å².